The first-order chi connectivity index (χ1) is 13.6. The monoisotopic (exact) mass is 429 g/mol. The lowest BCUT2D eigenvalue weighted by Gasteiger charge is -2.46. The van der Waals surface area contributed by atoms with Crippen LogP contribution < -0.4 is 5.32 Å². The van der Waals surface area contributed by atoms with Gasteiger partial charge in [-0.3, -0.25) is 9.46 Å². The van der Waals surface area contributed by atoms with Crippen molar-refractivity contribution in [3.05, 3.63) is 0 Å². The number of hydrogen-bond donors (Lipinski definition) is 1. The van der Waals surface area contributed by atoms with Crippen molar-refractivity contribution in [2.24, 2.45) is 5.41 Å². The summed E-state index contributed by atoms with van der Waals surface area (Å²) >= 11 is 0. The van der Waals surface area contributed by atoms with E-state index in [0.717, 1.165) is 45.7 Å². The molecule has 0 aromatic heterocycles. The summed E-state index contributed by atoms with van der Waals surface area (Å²) in [6.07, 6.45) is 8.70. The van der Waals surface area contributed by atoms with Gasteiger partial charge in [0, 0.05) is 32.2 Å². The first-order valence-electron chi connectivity index (χ1n) is 12.0. The molecular weight excluding hydrogens is 381 g/mol. The average Bonchev–Trinajstić information content (AvgIpc) is 2.69. The minimum Gasteiger partial charge on any atom is -0.317 e. The Kier molecular flexibility index (Phi) is 9.69. The molecule has 1 unspecified atom stereocenters. The predicted molar refractivity (Wildman–Crippen MR) is 125 cm³/mol. The van der Waals surface area contributed by atoms with Crippen molar-refractivity contribution >= 4 is 7.52 Å². The lowest BCUT2D eigenvalue weighted by Crippen LogP contribution is -2.53. The molecule has 172 valence electrons. The van der Waals surface area contributed by atoms with Crippen LogP contribution in [0.2, 0.25) is 0 Å². The third-order valence-corrected chi connectivity index (χ3v) is 9.99. The van der Waals surface area contributed by atoms with E-state index in [1.165, 1.54) is 38.5 Å². The molecule has 2 fully saturated rings. The molecule has 2 rings (SSSR count). The van der Waals surface area contributed by atoms with Crippen molar-refractivity contribution in [3.8, 4) is 0 Å². The van der Waals surface area contributed by atoms with Gasteiger partial charge in [0.25, 0.3) is 7.52 Å². The van der Waals surface area contributed by atoms with Crippen LogP contribution in [0, 0.1) is 5.41 Å². The molecule has 0 bridgehead atoms. The van der Waals surface area contributed by atoms with E-state index in [1.54, 1.807) is 0 Å². The van der Waals surface area contributed by atoms with Gasteiger partial charge in [-0.25, -0.2) is 4.67 Å². The number of piperidine rings is 1. The largest absolute Gasteiger partial charge is 0.317 e. The molecule has 0 amide bonds. The molecule has 0 aromatic carbocycles. The molecule has 0 aromatic rings. The highest BCUT2D eigenvalue weighted by Crippen LogP contribution is 2.62. The highest BCUT2D eigenvalue weighted by Gasteiger charge is 2.45. The predicted octanol–water partition coefficient (Wildman–Crippen LogP) is 5.36. The zero-order chi connectivity index (χ0) is 21.5. The van der Waals surface area contributed by atoms with Crippen molar-refractivity contribution in [1.82, 2.24) is 14.9 Å². The maximum absolute atomic E-state index is 14.2. The van der Waals surface area contributed by atoms with E-state index in [-0.39, 0.29) is 10.6 Å². The molecule has 0 radical (unpaired) electrons. The maximum Gasteiger partial charge on any atom is 0.277 e. The van der Waals surface area contributed by atoms with Crippen LogP contribution in [0.1, 0.15) is 86.5 Å². The normalized spacial score (nSPS) is 23.2. The van der Waals surface area contributed by atoms with Gasteiger partial charge in [-0.2, -0.15) is 0 Å². The number of nitrogens with one attached hydrogen (secondary N) is 1. The molecule has 5 nitrogen and oxygen atoms in total. The summed E-state index contributed by atoms with van der Waals surface area (Å²) in [4.78, 5) is 2.61. The minimum absolute atomic E-state index is 0.0750. The van der Waals surface area contributed by atoms with E-state index < -0.39 is 7.52 Å². The standard InChI is InChI=1S/C23H48N3O2P/c1-7-8-9-10-13-23(5,6)20-28-29(27,22(2,3)4)26-18-16-25(17-19-26)21-11-14-24-15-12-21/h21,24H,7-20H2,1-6H3. The molecule has 2 aliphatic heterocycles. The topological polar surface area (TPSA) is 44.8 Å². The number of rotatable bonds is 10. The van der Waals surface area contributed by atoms with Gasteiger partial charge in [0.15, 0.2) is 0 Å². The summed E-state index contributed by atoms with van der Waals surface area (Å²) in [5.74, 6) is 0. The fraction of sp³-hybridized carbons (Fsp3) is 1.00. The Hall–Kier alpha value is 0.0700. The van der Waals surface area contributed by atoms with E-state index in [2.05, 4.69) is 56.4 Å². The van der Waals surface area contributed by atoms with E-state index in [1.807, 2.05) is 0 Å². The fourth-order valence-electron chi connectivity index (χ4n) is 4.58. The number of unbranched alkanes of at least 4 members (excludes halogenated alkanes) is 3. The maximum atomic E-state index is 14.2. The van der Waals surface area contributed by atoms with Gasteiger partial charge in [-0.1, -0.05) is 46.5 Å². The Labute approximate surface area is 180 Å². The molecule has 0 spiro atoms. The van der Waals surface area contributed by atoms with Crippen molar-refractivity contribution in [1.29, 1.82) is 0 Å². The van der Waals surface area contributed by atoms with Crippen molar-refractivity contribution < 1.29 is 9.09 Å². The molecule has 0 aliphatic carbocycles. The van der Waals surface area contributed by atoms with Crippen LogP contribution in [-0.2, 0) is 9.09 Å². The SMILES string of the molecule is CCCCCCC(C)(C)COP(=O)(N1CCN(C2CCNCC2)CC1)C(C)(C)C. The van der Waals surface area contributed by atoms with Crippen molar-refractivity contribution in [2.45, 2.75) is 97.7 Å². The number of nitrogens with zero attached hydrogens (tertiary/aromatic N) is 2. The molecule has 2 aliphatic rings. The second-order valence-electron chi connectivity index (χ2n) is 10.9. The van der Waals surface area contributed by atoms with E-state index in [0.29, 0.717) is 12.6 Å². The van der Waals surface area contributed by atoms with Crippen LogP contribution in [0.25, 0.3) is 0 Å². The third-order valence-electron chi connectivity index (χ3n) is 6.67. The molecular formula is C23H48N3O2P. The van der Waals surface area contributed by atoms with Crippen LogP contribution in [0.5, 0.6) is 0 Å². The van der Waals surface area contributed by atoms with Gasteiger partial charge in [0.2, 0.25) is 0 Å². The second kappa shape index (κ2) is 11.1. The number of piperazine rings is 1. The Morgan fingerprint density at radius 1 is 0.966 bits per heavy atom. The van der Waals surface area contributed by atoms with E-state index in [9.17, 15) is 4.57 Å². The van der Waals surface area contributed by atoms with Gasteiger partial charge in [-0.05, 0) is 58.5 Å². The summed E-state index contributed by atoms with van der Waals surface area (Å²) in [5.41, 5.74) is 0.0750. The lowest BCUT2D eigenvalue weighted by atomic mass is 9.88. The summed E-state index contributed by atoms with van der Waals surface area (Å²) in [6, 6.07) is 0.690. The highest BCUT2D eigenvalue weighted by atomic mass is 31.2. The third kappa shape index (κ3) is 7.31. The van der Waals surface area contributed by atoms with Crippen LogP contribution in [-0.4, -0.2) is 66.6 Å². The average molecular weight is 430 g/mol. The zero-order valence-electron chi connectivity index (χ0n) is 20.1. The smallest absolute Gasteiger partial charge is 0.277 e. The van der Waals surface area contributed by atoms with Gasteiger partial charge < -0.3 is 9.84 Å². The number of hydrogen-bond acceptors (Lipinski definition) is 4. The first kappa shape index (κ1) is 25.3. The van der Waals surface area contributed by atoms with E-state index in [4.69, 9.17) is 4.52 Å². The Morgan fingerprint density at radius 2 is 1.59 bits per heavy atom. The summed E-state index contributed by atoms with van der Waals surface area (Å²) in [7, 11) is -2.89. The molecule has 2 heterocycles. The van der Waals surface area contributed by atoms with E-state index >= 15 is 0 Å². The molecule has 1 N–H and O–H groups in total. The summed E-state index contributed by atoms with van der Waals surface area (Å²) in [5, 5.41) is 3.10. The quantitative estimate of drug-likeness (QED) is 0.374. The van der Waals surface area contributed by atoms with Gasteiger partial charge in [0.1, 0.15) is 0 Å². The summed E-state index contributed by atoms with van der Waals surface area (Å²) < 4.78 is 22.8. The second-order valence-corrected chi connectivity index (χ2v) is 14.1. The first-order valence-corrected chi connectivity index (χ1v) is 13.6. The van der Waals surface area contributed by atoms with Gasteiger partial charge >= 0.3 is 0 Å². The van der Waals surface area contributed by atoms with Crippen LogP contribution in [0.3, 0.4) is 0 Å². The summed E-state index contributed by atoms with van der Waals surface area (Å²) in [6.45, 7) is 19.6. The lowest BCUT2D eigenvalue weighted by molar-refractivity contribution is 0.0943. The molecule has 0 saturated carbocycles. The molecule has 6 heteroatoms. The Bertz CT molecular complexity index is 519. The molecule has 2 saturated heterocycles. The minimum atomic E-state index is -2.89. The highest BCUT2D eigenvalue weighted by molar-refractivity contribution is 7.58. The van der Waals surface area contributed by atoms with Crippen LogP contribution in [0.15, 0.2) is 0 Å². The molecule has 29 heavy (non-hydrogen) atoms. The molecule has 1 atom stereocenters. The van der Waals surface area contributed by atoms with Crippen LogP contribution >= 0.6 is 7.52 Å². The van der Waals surface area contributed by atoms with Gasteiger partial charge in [0.05, 0.1) is 11.8 Å². The van der Waals surface area contributed by atoms with Crippen molar-refractivity contribution in [2.75, 3.05) is 45.9 Å². The Balaban J connectivity index is 1.93. The fourth-order valence-corrected chi connectivity index (χ4v) is 7.21. The Morgan fingerprint density at radius 3 is 2.14 bits per heavy atom. The van der Waals surface area contributed by atoms with Gasteiger partial charge in [-0.15, -0.1) is 0 Å². The van der Waals surface area contributed by atoms with Crippen LogP contribution in [0.4, 0.5) is 0 Å². The zero-order valence-corrected chi connectivity index (χ0v) is 21.0. The van der Waals surface area contributed by atoms with Crippen molar-refractivity contribution in [3.63, 3.8) is 0 Å².